The second kappa shape index (κ2) is 24.3. The molecule has 0 aromatic heterocycles. The number of carbonyl (C=O) groups is 2. The summed E-state index contributed by atoms with van der Waals surface area (Å²) in [7, 11) is 0. The first-order valence-corrected chi connectivity index (χ1v) is 22.7. The number of unbranched alkanes of at least 4 members (excludes halogenated alkanes) is 2. The Morgan fingerprint density at radius 2 is 0.985 bits per heavy atom. The van der Waals surface area contributed by atoms with Gasteiger partial charge in [-0.05, 0) is 170 Å². The van der Waals surface area contributed by atoms with Gasteiger partial charge >= 0.3 is 18.1 Å². The number of aryl methyl sites for hydroxylation is 2. The summed E-state index contributed by atoms with van der Waals surface area (Å²) >= 11 is 6.07. The standard InChI is InChI=1S/C28H29F3O4.C27H29ClO4/c1-4-5-9-26(35-22-14-15-25(18(2)16-22)34-17-27(32)33)24-8-6-7-23(19(24)3)20-10-12-21(13-11-20)28(29,30)31;1-4-5-9-26(32-22-14-15-25(18(2)16-22)31-17-27(29)30)24-8-6-7-23(19(24)3)20-10-12-21(28)13-11-20/h6-8,10-16,26H,4-5,9,17H2,1-3H3,(H,32,33);6-8,10-16,26H,4-5,9,17H2,1-3H3,(H,29,30). The summed E-state index contributed by atoms with van der Waals surface area (Å²) in [6.45, 7) is 11.3. The smallest absolute Gasteiger partial charge is 0.416 e. The zero-order valence-electron chi connectivity index (χ0n) is 38.7. The Bertz CT molecular complexity index is 2570. The normalized spacial score (nSPS) is 12.0. The van der Waals surface area contributed by atoms with Gasteiger partial charge in [-0.25, -0.2) is 9.59 Å². The van der Waals surface area contributed by atoms with Crippen LogP contribution in [0, 0.1) is 27.7 Å². The highest BCUT2D eigenvalue weighted by atomic mass is 35.5. The molecule has 8 nitrogen and oxygen atoms in total. The molecule has 0 aliphatic rings. The molecule has 0 aliphatic carbocycles. The third kappa shape index (κ3) is 14.8. The largest absolute Gasteiger partial charge is 0.486 e. The quantitative estimate of drug-likeness (QED) is 0.0778. The van der Waals surface area contributed by atoms with E-state index in [-0.39, 0.29) is 18.8 Å². The first-order valence-electron chi connectivity index (χ1n) is 22.3. The number of halogens is 4. The molecule has 0 bridgehead atoms. The molecule has 6 aromatic rings. The van der Waals surface area contributed by atoms with E-state index >= 15 is 0 Å². The van der Waals surface area contributed by atoms with E-state index in [2.05, 4.69) is 39.0 Å². The van der Waals surface area contributed by atoms with Crippen molar-refractivity contribution >= 4 is 23.5 Å². The zero-order valence-corrected chi connectivity index (χ0v) is 39.5. The molecular formula is C55H58ClF3O8. The average molecular weight is 940 g/mol. The summed E-state index contributed by atoms with van der Waals surface area (Å²) in [6, 6.07) is 35.9. The highest BCUT2D eigenvalue weighted by molar-refractivity contribution is 6.30. The molecule has 0 saturated heterocycles. The summed E-state index contributed by atoms with van der Waals surface area (Å²) in [4.78, 5) is 21.6. The van der Waals surface area contributed by atoms with Crippen LogP contribution in [-0.4, -0.2) is 35.4 Å². The minimum atomic E-state index is -4.37. The maximum absolute atomic E-state index is 13.0. The molecule has 2 N–H and O–H groups in total. The fourth-order valence-electron chi connectivity index (χ4n) is 7.75. The average Bonchev–Trinajstić information content (AvgIpc) is 3.29. The first-order chi connectivity index (χ1) is 32.0. The van der Waals surface area contributed by atoms with Crippen molar-refractivity contribution in [1.82, 2.24) is 0 Å². The van der Waals surface area contributed by atoms with Crippen LogP contribution in [0.3, 0.4) is 0 Å². The Morgan fingerprint density at radius 3 is 1.34 bits per heavy atom. The zero-order chi connectivity index (χ0) is 48.7. The fraction of sp³-hybridized carbons (Fsp3) is 0.309. The number of carboxylic acid groups (broad SMARTS) is 2. The number of aliphatic carboxylic acids is 2. The number of benzene rings is 6. The molecular weight excluding hydrogens is 881 g/mol. The van der Waals surface area contributed by atoms with Crippen molar-refractivity contribution in [1.29, 1.82) is 0 Å². The molecule has 0 aliphatic heterocycles. The van der Waals surface area contributed by atoms with Crippen LogP contribution >= 0.6 is 11.6 Å². The molecule has 0 radical (unpaired) electrons. The predicted octanol–water partition coefficient (Wildman–Crippen LogP) is 15.2. The van der Waals surface area contributed by atoms with Gasteiger partial charge in [-0.2, -0.15) is 13.2 Å². The Kier molecular flexibility index (Phi) is 18.7. The van der Waals surface area contributed by atoms with Crippen LogP contribution in [-0.2, 0) is 15.8 Å². The molecule has 12 heteroatoms. The van der Waals surface area contributed by atoms with E-state index in [1.54, 1.807) is 18.2 Å². The van der Waals surface area contributed by atoms with Gasteiger partial charge in [-0.15, -0.1) is 0 Å². The number of carboxylic acids is 2. The minimum absolute atomic E-state index is 0.0904. The fourth-order valence-corrected chi connectivity index (χ4v) is 7.88. The molecule has 6 rings (SSSR count). The Labute approximate surface area is 396 Å². The second-order valence-corrected chi connectivity index (χ2v) is 16.8. The van der Waals surface area contributed by atoms with Gasteiger partial charge in [0, 0.05) is 5.02 Å². The van der Waals surface area contributed by atoms with Crippen LogP contribution in [0.15, 0.2) is 121 Å². The Morgan fingerprint density at radius 1 is 0.582 bits per heavy atom. The molecule has 67 heavy (non-hydrogen) atoms. The van der Waals surface area contributed by atoms with Crippen LogP contribution in [0.1, 0.15) is 104 Å². The van der Waals surface area contributed by atoms with E-state index in [0.29, 0.717) is 22.8 Å². The monoisotopic (exact) mass is 938 g/mol. The van der Waals surface area contributed by atoms with E-state index in [1.807, 2.05) is 81.4 Å². The number of rotatable bonds is 20. The summed E-state index contributed by atoms with van der Waals surface area (Å²) < 4.78 is 62.4. The second-order valence-electron chi connectivity index (χ2n) is 16.3. The van der Waals surface area contributed by atoms with Crippen LogP contribution < -0.4 is 18.9 Å². The lowest BCUT2D eigenvalue weighted by molar-refractivity contribution is -0.140. The topological polar surface area (TPSA) is 112 Å². The van der Waals surface area contributed by atoms with Crippen molar-refractivity contribution in [3.05, 3.63) is 165 Å². The molecule has 0 saturated carbocycles. The lowest BCUT2D eigenvalue weighted by Crippen LogP contribution is -2.11. The molecule has 2 atom stereocenters. The van der Waals surface area contributed by atoms with Crippen molar-refractivity contribution < 1.29 is 51.9 Å². The minimum Gasteiger partial charge on any atom is -0.486 e. The van der Waals surface area contributed by atoms with E-state index in [1.165, 1.54) is 17.7 Å². The maximum Gasteiger partial charge on any atom is 0.416 e. The van der Waals surface area contributed by atoms with Crippen molar-refractivity contribution in [3.8, 4) is 45.3 Å². The van der Waals surface area contributed by atoms with E-state index in [4.69, 9.17) is 40.8 Å². The highest BCUT2D eigenvalue weighted by Crippen LogP contribution is 2.38. The van der Waals surface area contributed by atoms with Gasteiger partial charge in [0.15, 0.2) is 13.2 Å². The molecule has 0 amide bonds. The lowest BCUT2D eigenvalue weighted by atomic mass is 9.91. The van der Waals surface area contributed by atoms with Gasteiger partial charge in [-0.1, -0.05) is 99.0 Å². The molecule has 6 aromatic carbocycles. The van der Waals surface area contributed by atoms with Crippen molar-refractivity contribution in [2.75, 3.05) is 13.2 Å². The van der Waals surface area contributed by atoms with Gasteiger partial charge in [0.1, 0.15) is 35.2 Å². The van der Waals surface area contributed by atoms with Gasteiger partial charge < -0.3 is 29.2 Å². The van der Waals surface area contributed by atoms with Crippen LogP contribution in [0.2, 0.25) is 5.02 Å². The SMILES string of the molecule is CCCCC(Oc1ccc(OCC(=O)O)c(C)c1)c1cccc(-c2ccc(C(F)(F)F)cc2)c1C.CCCCC(Oc1ccc(OCC(=O)O)c(C)c1)c1cccc(-c2ccc(Cl)cc2)c1C. The predicted molar refractivity (Wildman–Crippen MR) is 258 cm³/mol. The van der Waals surface area contributed by atoms with Gasteiger partial charge in [-0.3, -0.25) is 0 Å². The van der Waals surface area contributed by atoms with E-state index in [9.17, 15) is 22.8 Å². The summed E-state index contributed by atoms with van der Waals surface area (Å²) in [5.41, 5.74) is 9.05. The summed E-state index contributed by atoms with van der Waals surface area (Å²) in [5.74, 6) is 0.345. The molecule has 0 fully saturated rings. The number of alkyl halides is 3. The Balaban J connectivity index is 0.000000252. The van der Waals surface area contributed by atoms with E-state index in [0.717, 1.165) is 106 Å². The number of hydrogen-bond acceptors (Lipinski definition) is 6. The van der Waals surface area contributed by atoms with Gasteiger partial charge in [0.25, 0.3) is 0 Å². The third-order valence-electron chi connectivity index (χ3n) is 11.3. The van der Waals surface area contributed by atoms with Gasteiger partial charge in [0.2, 0.25) is 0 Å². The molecule has 0 spiro atoms. The lowest BCUT2D eigenvalue weighted by Gasteiger charge is -2.23. The van der Waals surface area contributed by atoms with Crippen LogP contribution in [0.25, 0.3) is 22.3 Å². The third-order valence-corrected chi connectivity index (χ3v) is 11.6. The first kappa shape index (κ1) is 51.5. The van der Waals surface area contributed by atoms with Crippen LogP contribution in [0.4, 0.5) is 13.2 Å². The summed E-state index contributed by atoms with van der Waals surface area (Å²) in [5, 5.41) is 18.4. The number of ether oxygens (including phenoxy) is 4. The molecule has 0 heterocycles. The summed E-state index contributed by atoms with van der Waals surface area (Å²) in [6.07, 6.45) is 1.00. The van der Waals surface area contributed by atoms with E-state index < -0.39 is 30.3 Å². The molecule has 354 valence electrons. The molecule has 2 unspecified atom stereocenters. The Hall–Kier alpha value is -6.46. The van der Waals surface area contributed by atoms with Crippen LogP contribution in [0.5, 0.6) is 23.0 Å². The number of hydrogen-bond donors (Lipinski definition) is 2. The van der Waals surface area contributed by atoms with Crippen molar-refractivity contribution in [2.24, 2.45) is 0 Å². The van der Waals surface area contributed by atoms with Crippen molar-refractivity contribution in [3.63, 3.8) is 0 Å². The highest BCUT2D eigenvalue weighted by Gasteiger charge is 2.30. The maximum atomic E-state index is 13.0. The van der Waals surface area contributed by atoms with Crippen molar-refractivity contribution in [2.45, 2.75) is 98.5 Å². The van der Waals surface area contributed by atoms with Gasteiger partial charge in [0.05, 0.1) is 5.56 Å².